The molecule has 0 saturated carbocycles. The zero-order chi connectivity index (χ0) is 18.4. The first-order valence-corrected chi connectivity index (χ1v) is 8.51. The maximum atomic E-state index is 12.6. The molecule has 2 heterocycles. The first-order chi connectivity index (χ1) is 11.6. The highest BCUT2D eigenvalue weighted by atomic mass is 16.2. The molecular weight excluding hydrogens is 316 g/mol. The molecule has 1 aliphatic rings. The van der Waals surface area contributed by atoms with Gasteiger partial charge < -0.3 is 10.2 Å². The lowest BCUT2D eigenvalue weighted by Crippen LogP contribution is -2.44. The van der Waals surface area contributed by atoms with Crippen molar-refractivity contribution in [3.05, 3.63) is 35.2 Å². The van der Waals surface area contributed by atoms with Gasteiger partial charge in [0.1, 0.15) is 0 Å². The van der Waals surface area contributed by atoms with Gasteiger partial charge in [0.2, 0.25) is 5.91 Å². The Morgan fingerprint density at radius 2 is 1.80 bits per heavy atom. The van der Waals surface area contributed by atoms with E-state index in [1.807, 2.05) is 45.6 Å². The van der Waals surface area contributed by atoms with E-state index in [0.717, 1.165) is 16.9 Å². The van der Waals surface area contributed by atoms with Gasteiger partial charge in [-0.05, 0) is 52.8 Å². The Morgan fingerprint density at radius 3 is 2.40 bits per heavy atom. The third-order valence-electron chi connectivity index (χ3n) is 4.61. The summed E-state index contributed by atoms with van der Waals surface area (Å²) >= 11 is 0. The fourth-order valence-corrected chi connectivity index (χ4v) is 3.09. The number of benzene rings is 1. The van der Waals surface area contributed by atoms with Crippen LogP contribution >= 0.6 is 0 Å². The van der Waals surface area contributed by atoms with E-state index in [1.165, 1.54) is 0 Å². The molecule has 132 valence electrons. The standard InChI is InChI=1S/C19H24N4O2/c1-11-12(2)21-16-8-13(6-7-15(16)20-11)18(25)22-14-9-17(24)23(10-14)19(3,4)5/h6-8,14H,9-10H2,1-5H3,(H,22,25). The summed E-state index contributed by atoms with van der Waals surface area (Å²) in [5.74, 6) is -0.108. The topological polar surface area (TPSA) is 75.2 Å². The van der Waals surface area contributed by atoms with Crippen LogP contribution in [0.5, 0.6) is 0 Å². The van der Waals surface area contributed by atoms with Crippen molar-refractivity contribution < 1.29 is 9.59 Å². The fraction of sp³-hybridized carbons (Fsp3) is 0.474. The third kappa shape index (κ3) is 3.48. The maximum absolute atomic E-state index is 12.6. The van der Waals surface area contributed by atoms with E-state index in [-0.39, 0.29) is 23.4 Å². The molecule has 1 N–H and O–H groups in total. The molecule has 0 spiro atoms. The SMILES string of the molecule is Cc1nc2ccc(C(=O)NC3CC(=O)N(C(C)(C)C)C3)cc2nc1C. The van der Waals surface area contributed by atoms with E-state index in [4.69, 9.17) is 0 Å². The fourth-order valence-electron chi connectivity index (χ4n) is 3.09. The van der Waals surface area contributed by atoms with Gasteiger partial charge >= 0.3 is 0 Å². The molecule has 6 heteroatoms. The Hall–Kier alpha value is -2.50. The number of aromatic nitrogens is 2. The normalized spacial score (nSPS) is 18.0. The van der Waals surface area contributed by atoms with Crippen molar-refractivity contribution in [1.82, 2.24) is 20.2 Å². The van der Waals surface area contributed by atoms with Crippen LogP contribution < -0.4 is 5.32 Å². The van der Waals surface area contributed by atoms with Crippen molar-refractivity contribution in [1.29, 1.82) is 0 Å². The predicted octanol–water partition coefficient (Wildman–Crippen LogP) is 2.38. The van der Waals surface area contributed by atoms with Gasteiger partial charge in [0.05, 0.1) is 28.5 Å². The molecule has 2 aromatic rings. The van der Waals surface area contributed by atoms with Gasteiger partial charge in [-0.1, -0.05) is 0 Å². The number of carbonyl (C=O) groups is 2. The second-order valence-electron chi connectivity index (χ2n) is 7.65. The minimum atomic E-state index is -0.232. The Bertz CT molecular complexity index is 854. The molecule has 1 saturated heterocycles. The van der Waals surface area contributed by atoms with Crippen LogP contribution in [0.1, 0.15) is 48.9 Å². The number of likely N-dealkylation sites (tertiary alicyclic amines) is 1. The van der Waals surface area contributed by atoms with E-state index in [9.17, 15) is 9.59 Å². The summed E-state index contributed by atoms with van der Waals surface area (Å²) < 4.78 is 0. The highest BCUT2D eigenvalue weighted by Crippen LogP contribution is 2.22. The van der Waals surface area contributed by atoms with Crippen LogP contribution in [0.15, 0.2) is 18.2 Å². The minimum Gasteiger partial charge on any atom is -0.347 e. The van der Waals surface area contributed by atoms with Gasteiger partial charge in [0.15, 0.2) is 0 Å². The number of hydrogen-bond acceptors (Lipinski definition) is 4. The van der Waals surface area contributed by atoms with Crippen molar-refractivity contribution in [2.75, 3.05) is 6.54 Å². The Kier molecular flexibility index (Phi) is 4.22. The number of hydrogen-bond donors (Lipinski definition) is 1. The number of amides is 2. The van der Waals surface area contributed by atoms with Crippen LogP contribution in [0.3, 0.4) is 0 Å². The molecule has 1 aromatic heterocycles. The largest absolute Gasteiger partial charge is 0.347 e. The van der Waals surface area contributed by atoms with Gasteiger partial charge in [-0.2, -0.15) is 0 Å². The average molecular weight is 340 g/mol. The monoisotopic (exact) mass is 340 g/mol. The highest BCUT2D eigenvalue weighted by Gasteiger charge is 2.36. The van der Waals surface area contributed by atoms with E-state index >= 15 is 0 Å². The lowest BCUT2D eigenvalue weighted by Gasteiger charge is -2.32. The van der Waals surface area contributed by atoms with Gasteiger partial charge in [-0.15, -0.1) is 0 Å². The molecule has 1 fully saturated rings. The van der Waals surface area contributed by atoms with E-state index in [1.54, 1.807) is 12.1 Å². The Morgan fingerprint density at radius 1 is 1.16 bits per heavy atom. The van der Waals surface area contributed by atoms with Crippen LogP contribution in [0.25, 0.3) is 11.0 Å². The molecule has 25 heavy (non-hydrogen) atoms. The first-order valence-electron chi connectivity index (χ1n) is 8.51. The van der Waals surface area contributed by atoms with Crippen LogP contribution in [-0.4, -0.2) is 44.8 Å². The zero-order valence-electron chi connectivity index (χ0n) is 15.4. The lowest BCUT2D eigenvalue weighted by atomic mass is 10.1. The molecule has 2 amide bonds. The molecule has 1 aromatic carbocycles. The summed E-state index contributed by atoms with van der Waals surface area (Å²) in [6, 6.07) is 5.15. The van der Waals surface area contributed by atoms with Crippen molar-refractivity contribution in [2.24, 2.45) is 0 Å². The summed E-state index contributed by atoms with van der Waals surface area (Å²) in [7, 11) is 0. The van der Waals surface area contributed by atoms with Crippen LogP contribution in [0.2, 0.25) is 0 Å². The first kappa shape index (κ1) is 17.3. The van der Waals surface area contributed by atoms with E-state index in [2.05, 4.69) is 15.3 Å². The van der Waals surface area contributed by atoms with E-state index < -0.39 is 0 Å². The average Bonchev–Trinajstić information content (AvgIpc) is 2.88. The molecular formula is C19H24N4O2. The Balaban J connectivity index is 1.77. The lowest BCUT2D eigenvalue weighted by molar-refractivity contribution is -0.131. The second-order valence-corrected chi connectivity index (χ2v) is 7.65. The Labute approximate surface area is 147 Å². The number of fused-ring (bicyclic) bond motifs is 1. The van der Waals surface area contributed by atoms with Gasteiger partial charge in [0, 0.05) is 24.1 Å². The van der Waals surface area contributed by atoms with Gasteiger partial charge in [0.25, 0.3) is 5.91 Å². The van der Waals surface area contributed by atoms with Crippen molar-refractivity contribution in [3.63, 3.8) is 0 Å². The maximum Gasteiger partial charge on any atom is 0.251 e. The molecule has 0 radical (unpaired) electrons. The number of carbonyl (C=O) groups excluding carboxylic acids is 2. The molecule has 1 unspecified atom stereocenters. The minimum absolute atomic E-state index is 0.0771. The molecule has 0 bridgehead atoms. The summed E-state index contributed by atoms with van der Waals surface area (Å²) in [5, 5.41) is 2.97. The summed E-state index contributed by atoms with van der Waals surface area (Å²) in [4.78, 5) is 35.5. The second kappa shape index (κ2) is 6.10. The van der Waals surface area contributed by atoms with Crippen molar-refractivity contribution in [3.8, 4) is 0 Å². The molecule has 0 aliphatic carbocycles. The molecule has 1 aliphatic heterocycles. The summed E-state index contributed by atoms with van der Waals surface area (Å²) in [6.45, 7) is 10.4. The highest BCUT2D eigenvalue weighted by molar-refractivity contribution is 5.98. The van der Waals surface area contributed by atoms with E-state index in [0.29, 0.717) is 24.0 Å². The predicted molar refractivity (Wildman–Crippen MR) is 96.3 cm³/mol. The molecule has 1 atom stereocenters. The molecule has 6 nitrogen and oxygen atoms in total. The third-order valence-corrected chi connectivity index (χ3v) is 4.61. The number of aryl methyl sites for hydroxylation is 2. The number of nitrogens with zero attached hydrogens (tertiary/aromatic N) is 3. The van der Waals surface area contributed by atoms with Crippen molar-refractivity contribution >= 4 is 22.8 Å². The summed E-state index contributed by atoms with van der Waals surface area (Å²) in [6.07, 6.45) is 0.342. The zero-order valence-corrected chi connectivity index (χ0v) is 15.4. The number of rotatable bonds is 2. The van der Waals surface area contributed by atoms with Gasteiger partial charge in [-0.3, -0.25) is 9.59 Å². The van der Waals surface area contributed by atoms with Crippen LogP contribution in [-0.2, 0) is 4.79 Å². The quantitative estimate of drug-likeness (QED) is 0.911. The van der Waals surface area contributed by atoms with Crippen molar-refractivity contribution in [2.45, 2.75) is 52.6 Å². The van der Waals surface area contributed by atoms with Crippen LogP contribution in [0, 0.1) is 13.8 Å². The molecule has 3 rings (SSSR count). The smallest absolute Gasteiger partial charge is 0.251 e. The van der Waals surface area contributed by atoms with Crippen LogP contribution in [0.4, 0.5) is 0 Å². The number of nitrogens with one attached hydrogen (secondary N) is 1. The van der Waals surface area contributed by atoms with Gasteiger partial charge in [-0.25, -0.2) is 9.97 Å². The summed E-state index contributed by atoms with van der Waals surface area (Å²) in [5.41, 5.74) is 3.52.